The lowest BCUT2D eigenvalue weighted by molar-refractivity contribution is 0.0950. The predicted molar refractivity (Wildman–Crippen MR) is 122 cm³/mol. The molecule has 0 aliphatic rings. The molecule has 0 saturated heterocycles. The number of carbonyl (C=O) groups is 1. The van der Waals surface area contributed by atoms with E-state index in [2.05, 4.69) is 20.7 Å². The largest absolute Gasteiger partial charge is 0.504 e. The summed E-state index contributed by atoms with van der Waals surface area (Å²) in [6, 6.07) is 18.4. The molecule has 0 atom stereocenters. The van der Waals surface area contributed by atoms with Crippen molar-refractivity contribution in [2.45, 2.75) is 6.92 Å². The van der Waals surface area contributed by atoms with Crippen LogP contribution in [0.2, 0.25) is 0 Å². The number of aromatic nitrogens is 2. The standard InChI is InChI=1S/C24H22N4O4/c1-3-32-21-10-6-8-16(23(21)29)14-25-28-24(30)19-13-18(26-27-19)22-17-9-5-4-7-15(17)11-12-20(22)31-2/h4-14,29H,3H2,1-2H3,(H,26,27)(H,28,30)/b25-14-. The summed E-state index contributed by atoms with van der Waals surface area (Å²) in [5.41, 5.74) is 4.46. The molecule has 1 amide bonds. The molecule has 0 aliphatic heterocycles. The van der Waals surface area contributed by atoms with E-state index < -0.39 is 5.91 Å². The molecule has 0 saturated carbocycles. The summed E-state index contributed by atoms with van der Waals surface area (Å²) in [7, 11) is 1.60. The number of amides is 1. The molecule has 4 aromatic rings. The quantitative estimate of drug-likeness (QED) is 0.302. The number of benzene rings is 3. The molecule has 0 bridgehead atoms. The van der Waals surface area contributed by atoms with Gasteiger partial charge in [-0.15, -0.1) is 0 Å². The van der Waals surface area contributed by atoms with Gasteiger partial charge in [-0.2, -0.15) is 10.2 Å². The topological polar surface area (TPSA) is 109 Å². The Labute approximate surface area is 184 Å². The Morgan fingerprint density at radius 3 is 2.81 bits per heavy atom. The number of nitrogens with one attached hydrogen (secondary N) is 2. The minimum absolute atomic E-state index is 0.0424. The number of H-pyrrole nitrogens is 1. The Balaban J connectivity index is 1.55. The van der Waals surface area contributed by atoms with Gasteiger partial charge in [0.2, 0.25) is 0 Å². The first-order chi connectivity index (χ1) is 15.6. The normalized spacial score (nSPS) is 11.1. The van der Waals surface area contributed by atoms with Crippen LogP contribution in [0.1, 0.15) is 23.0 Å². The van der Waals surface area contributed by atoms with Crippen LogP contribution in [0.3, 0.4) is 0 Å². The number of para-hydroxylation sites is 1. The van der Waals surface area contributed by atoms with Gasteiger partial charge in [0.25, 0.3) is 5.91 Å². The second kappa shape index (κ2) is 9.22. The lowest BCUT2D eigenvalue weighted by Crippen LogP contribution is -2.18. The molecule has 0 spiro atoms. The van der Waals surface area contributed by atoms with E-state index in [4.69, 9.17) is 9.47 Å². The van der Waals surface area contributed by atoms with E-state index in [1.165, 1.54) is 6.21 Å². The van der Waals surface area contributed by atoms with Gasteiger partial charge in [0.05, 0.1) is 31.2 Å². The van der Waals surface area contributed by atoms with E-state index in [-0.39, 0.29) is 11.4 Å². The molecule has 0 fully saturated rings. The van der Waals surface area contributed by atoms with E-state index in [0.29, 0.717) is 29.4 Å². The van der Waals surface area contributed by atoms with Gasteiger partial charge in [-0.05, 0) is 42.0 Å². The first kappa shape index (κ1) is 20.9. The molecular formula is C24H22N4O4. The fraction of sp³-hybridized carbons (Fsp3) is 0.125. The molecule has 0 aliphatic carbocycles. The van der Waals surface area contributed by atoms with E-state index >= 15 is 0 Å². The number of phenols is 1. The maximum absolute atomic E-state index is 12.5. The zero-order valence-corrected chi connectivity index (χ0v) is 17.6. The van der Waals surface area contributed by atoms with Crippen molar-refractivity contribution < 1.29 is 19.4 Å². The number of rotatable bonds is 7. The zero-order chi connectivity index (χ0) is 22.5. The highest BCUT2D eigenvalue weighted by Gasteiger charge is 2.16. The van der Waals surface area contributed by atoms with Gasteiger partial charge in [-0.3, -0.25) is 9.89 Å². The minimum atomic E-state index is -0.473. The van der Waals surface area contributed by atoms with Crippen molar-refractivity contribution in [1.82, 2.24) is 15.6 Å². The number of nitrogens with zero attached hydrogens (tertiary/aromatic N) is 2. The minimum Gasteiger partial charge on any atom is -0.504 e. The second-order valence-corrected chi connectivity index (χ2v) is 6.86. The van der Waals surface area contributed by atoms with Crippen LogP contribution in [0.5, 0.6) is 17.2 Å². The van der Waals surface area contributed by atoms with Gasteiger partial charge >= 0.3 is 0 Å². The number of hydrazone groups is 1. The van der Waals surface area contributed by atoms with E-state index in [1.807, 2.05) is 43.3 Å². The first-order valence-corrected chi connectivity index (χ1v) is 10.0. The number of aromatic amines is 1. The lowest BCUT2D eigenvalue weighted by Gasteiger charge is -2.09. The fourth-order valence-electron chi connectivity index (χ4n) is 3.39. The number of methoxy groups -OCH3 is 1. The highest BCUT2D eigenvalue weighted by atomic mass is 16.5. The molecule has 3 aromatic carbocycles. The van der Waals surface area contributed by atoms with Gasteiger partial charge in [0.15, 0.2) is 11.5 Å². The Kier molecular flexibility index (Phi) is 6.03. The van der Waals surface area contributed by atoms with Crippen LogP contribution in [0.25, 0.3) is 22.0 Å². The lowest BCUT2D eigenvalue weighted by atomic mass is 10.0. The molecule has 32 heavy (non-hydrogen) atoms. The Morgan fingerprint density at radius 1 is 1.16 bits per heavy atom. The van der Waals surface area contributed by atoms with Crippen molar-refractivity contribution in [1.29, 1.82) is 0 Å². The van der Waals surface area contributed by atoms with Gasteiger partial charge in [0, 0.05) is 5.56 Å². The average molecular weight is 430 g/mol. The van der Waals surface area contributed by atoms with Crippen LogP contribution in [0.4, 0.5) is 0 Å². The molecule has 0 radical (unpaired) electrons. The van der Waals surface area contributed by atoms with E-state index in [0.717, 1.165) is 16.3 Å². The third-order valence-corrected chi connectivity index (χ3v) is 4.89. The molecule has 1 heterocycles. The van der Waals surface area contributed by atoms with Crippen molar-refractivity contribution in [3.05, 3.63) is 71.9 Å². The molecule has 3 N–H and O–H groups in total. The van der Waals surface area contributed by atoms with E-state index in [9.17, 15) is 9.90 Å². The Bertz CT molecular complexity index is 1300. The van der Waals surface area contributed by atoms with Gasteiger partial charge in [-0.25, -0.2) is 5.43 Å². The highest BCUT2D eigenvalue weighted by molar-refractivity contribution is 6.00. The summed E-state index contributed by atoms with van der Waals surface area (Å²) in [5.74, 6) is 0.494. The first-order valence-electron chi connectivity index (χ1n) is 10.0. The highest BCUT2D eigenvalue weighted by Crippen LogP contribution is 2.36. The number of hydrogen-bond donors (Lipinski definition) is 3. The van der Waals surface area contributed by atoms with Crippen LogP contribution in [-0.4, -0.2) is 41.1 Å². The van der Waals surface area contributed by atoms with Crippen LogP contribution in [0, 0.1) is 0 Å². The summed E-state index contributed by atoms with van der Waals surface area (Å²) in [6.45, 7) is 2.25. The maximum Gasteiger partial charge on any atom is 0.289 e. The number of ether oxygens (including phenoxy) is 2. The number of phenolic OH excluding ortho intramolecular Hbond substituents is 1. The molecule has 1 aromatic heterocycles. The second-order valence-electron chi connectivity index (χ2n) is 6.86. The number of aromatic hydroxyl groups is 1. The maximum atomic E-state index is 12.5. The van der Waals surface area contributed by atoms with Crippen molar-refractivity contribution >= 4 is 22.9 Å². The summed E-state index contributed by atoms with van der Waals surface area (Å²) in [4.78, 5) is 12.5. The summed E-state index contributed by atoms with van der Waals surface area (Å²) in [6.07, 6.45) is 1.35. The molecule has 8 heteroatoms. The predicted octanol–water partition coefficient (Wildman–Crippen LogP) is 4.11. The molecule has 4 rings (SSSR count). The Hall–Kier alpha value is -4.33. The van der Waals surface area contributed by atoms with Crippen LogP contribution in [-0.2, 0) is 0 Å². The van der Waals surface area contributed by atoms with Crippen molar-refractivity contribution in [3.63, 3.8) is 0 Å². The summed E-state index contributed by atoms with van der Waals surface area (Å²) in [5, 5.41) is 23.2. The molecule has 8 nitrogen and oxygen atoms in total. The van der Waals surface area contributed by atoms with Crippen LogP contribution < -0.4 is 14.9 Å². The van der Waals surface area contributed by atoms with Gasteiger partial charge in [0.1, 0.15) is 11.4 Å². The number of carbonyl (C=O) groups excluding carboxylic acids is 1. The van der Waals surface area contributed by atoms with Crippen molar-refractivity contribution in [2.24, 2.45) is 5.10 Å². The van der Waals surface area contributed by atoms with Gasteiger partial charge < -0.3 is 14.6 Å². The van der Waals surface area contributed by atoms with Crippen LogP contribution in [0.15, 0.2) is 65.8 Å². The van der Waals surface area contributed by atoms with Crippen molar-refractivity contribution in [2.75, 3.05) is 13.7 Å². The number of hydrogen-bond acceptors (Lipinski definition) is 6. The van der Waals surface area contributed by atoms with Crippen molar-refractivity contribution in [3.8, 4) is 28.5 Å². The third-order valence-electron chi connectivity index (χ3n) is 4.89. The fourth-order valence-corrected chi connectivity index (χ4v) is 3.39. The summed E-state index contributed by atoms with van der Waals surface area (Å²) >= 11 is 0. The molecular weight excluding hydrogens is 408 g/mol. The monoisotopic (exact) mass is 430 g/mol. The zero-order valence-electron chi connectivity index (χ0n) is 17.6. The SMILES string of the molecule is CCOc1cccc(/C=N\NC(=O)c2cc(-c3c(OC)ccc4ccccc34)n[nH]2)c1O. The molecule has 0 unspecified atom stereocenters. The average Bonchev–Trinajstić information content (AvgIpc) is 3.30. The molecule has 162 valence electrons. The summed E-state index contributed by atoms with van der Waals surface area (Å²) < 4.78 is 10.9. The van der Waals surface area contributed by atoms with Gasteiger partial charge in [-0.1, -0.05) is 36.4 Å². The Morgan fingerprint density at radius 2 is 2.00 bits per heavy atom. The van der Waals surface area contributed by atoms with E-state index in [1.54, 1.807) is 31.4 Å². The van der Waals surface area contributed by atoms with Crippen LogP contribution >= 0.6 is 0 Å². The third kappa shape index (κ3) is 4.11. The number of fused-ring (bicyclic) bond motifs is 1. The smallest absolute Gasteiger partial charge is 0.289 e.